The number of aromatic nitrogens is 1. The summed E-state index contributed by atoms with van der Waals surface area (Å²) < 4.78 is 0. The number of nitrogens with zero attached hydrogens (tertiary/aromatic N) is 1. The smallest absolute Gasteiger partial charge is 0.257 e. The molecule has 3 aromatic rings. The second-order valence-corrected chi connectivity index (χ2v) is 6.67. The predicted octanol–water partition coefficient (Wildman–Crippen LogP) is 5.32. The van der Waals surface area contributed by atoms with E-state index >= 15 is 0 Å². The highest BCUT2D eigenvalue weighted by Gasteiger charge is 2.10. The third kappa shape index (κ3) is 3.89. The van der Waals surface area contributed by atoms with Crippen LogP contribution in [0.15, 0.2) is 53.9 Å². The zero-order chi connectivity index (χ0) is 16.9. The highest BCUT2D eigenvalue weighted by atomic mass is 32.1. The van der Waals surface area contributed by atoms with Crippen LogP contribution >= 0.6 is 11.3 Å². The number of amides is 1. The molecule has 0 aliphatic rings. The Morgan fingerprint density at radius 3 is 2.67 bits per heavy atom. The number of hydrogen-bond donors (Lipinski definition) is 1. The SMILES string of the molecule is CCCc1ccc(-c2csc(NC(=O)c3cccc(C)c3)n2)cc1. The zero-order valence-corrected chi connectivity index (χ0v) is 14.7. The maximum atomic E-state index is 12.3. The number of thiazole rings is 1. The highest BCUT2D eigenvalue weighted by molar-refractivity contribution is 7.14. The summed E-state index contributed by atoms with van der Waals surface area (Å²) in [4.78, 5) is 16.8. The van der Waals surface area contributed by atoms with Crippen LogP contribution in [-0.2, 0) is 6.42 Å². The van der Waals surface area contributed by atoms with Gasteiger partial charge in [-0.1, -0.05) is 55.3 Å². The van der Waals surface area contributed by atoms with Crippen LogP contribution in [0.2, 0.25) is 0 Å². The predicted molar refractivity (Wildman–Crippen MR) is 101 cm³/mol. The van der Waals surface area contributed by atoms with Crippen molar-refractivity contribution in [1.82, 2.24) is 4.98 Å². The van der Waals surface area contributed by atoms with Crippen LogP contribution in [0.3, 0.4) is 0 Å². The number of benzene rings is 2. The summed E-state index contributed by atoms with van der Waals surface area (Å²) in [6.07, 6.45) is 2.24. The summed E-state index contributed by atoms with van der Waals surface area (Å²) in [6.45, 7) is 4.15. The van der Waals surface area contributed by atoms with Gasteiger partial charge in [-0.15, -0.1) is 11.3 Å². The molecule has 0 bridgehead atoms. The maximum absolute atomic E-state index is 12.3. The van der Waals surface area contributed by atoms with Crippen molar-refractivity contribution >= 4 is 22.4 Å². The van der Waals surface area contributed by atoms with Crippen molar-refractivity contribution in [2.24, 2.45) is 0 Å². The van der Waals surface area contributed by atoms with Gasteiger partial charge in [0.15, 0.2) is 5.13 Å². The van der Waals surface area contributed by atoms with Crippen molar-refractivity contribution in [3.05, 3.63) is 70.6 Å². The molecule has 0 saturated heterocycles. The average Bonchev–Trinajstić information content (AvgIpc) is 3.04. The molecule has 122 valence electrons. The molecule has 2 aromatic carbocycles. The lowest BCUT2D eigenvalue weighted by Gasteiger charge is -2.03. The Bertz CT molecular complexity index is 837. The summed E-state index contributed by atoms with van der Waals surface area (Å²) in [5.74, 6) is -0.127. The topological polar surface area (TPSA) is 42.0 Å². The Morgan fingerprint density at radius 1 is 1.17 bits per heavy atom. The number of carbonyl (C=O) groups is 1. The third-order valence-corrected chi connectivity index (χ3v) is 4.55. The first-order chi connectivity index (χ1) is 11.7. The van der Waals surface area contributed by atoms with Crippen LogP contribution in [0.25, 0.3) is 11.3 Å². The number of anilines is 1. The summed E-state index contributed by atoms with van der Waals surface area (Å²) in [5, 5.41) is 5.47. The van der Waals surface area contributed by atoms with Crippen LogP contribution in [0, 0.1) is 6.92 Å². The molecule has 0 atom stereocenters. The molecule has 0 aliphatic heterocycles. The normalized spacial score (nSPS) is 10.6. The lowest BCUT2D eigenvalue weighted by atomic mass is 10.1. The van der Waals surface area contributed by atoms with Crippen LogP contribution in [-0.4, -0.2) is 10.9 Å². The average molecular weight is 336 g/mol. The van der Waals surface area contributed by atoms with E-state index in [1.54, 1.807) is 0 Å². The fourth-order valence-corrected chi connectivity index (χ4v) is 3.26. The monoisotopic (exact) mass is 336 g/mol. The molecule has 4 heteroatoms. The van der Waals surface area contributed by atoms with E-state index in [4.69, 9.17) is 0 Å². The highest BCUT2D eigenvalue weighted by Crippen LogP contribution is 2.25. The largest absolute Gasteiger partial charge is 0.298 e. The van der Waals surface area contributed by atoms with Crippen molar-refractivity contribution in [2.45, 2.75) is 26.7 Å². The van der Waals surface area contributed by atoms with Crippen molar-refractivity contribution in [1.29, 1.82) is 0 Å². The molecule has 0 aliphatic carbocycles. The molecule has 3 rings (SSSR count). The van der Waals surface area contributed by atoms with Gasteiger partial charge in [-0.2, -0.15) is 0 Å². The van der Waals surface area contributed by atoms with Gasteiger partial charge in [0.1, 0.15) is 0 Å². The molecule has 3 nitrogen and oxygen atoms in total. The van der Waals surface area contributed by atoms with Crippen LogP contribution in [0.4, 0.5) is 5.13 Å². The van der Waals surface area contributed by atoms with Gasteiger partial charge < -0.3 is 0 Å². The van der Waals surface area contributed by atoms with Gasteiger partial charge in [-0.25, -0.2) is 4.98 Å². The van der Waals surface area contributed by atoms with E-state index in [0.717, 1.165) is 29.7 Å². The number of aryl methyl sites for hydroxylation is 2. The van der Waals surface area contributed by atoms with Gasteiger partial charge in [-0.3, -0.25) is 10.1 Å². The number of hydrogen-bond acceptors (Lipinski definition) is 3. The van der Waals surface area contributed by atoms with Gasteiger partial charge >= 0.3 is 0 Å². The zero-order valence-electron chi connectivity index (χ0n) is 13.9. The molecule has 0 saturated carbocycles. The minimum Gasteiger partial charge on any atom is -0.298 e. The molecule has 1 aromatic heterocycles. The third-order valence-electron chi connectivity index (χ3n) is 3.79. The Balaban J connectivity index is 1.72. The van der Waals surface area contributed by atoms with E-state index < -0.39 is 0 Å². The summed E-state index contributed by atoms with van der Waals surface area (Å²) >= 11 is 1.44. The van der Waals surface area contributed by atoms with Crippen molar-refractivity contribution < 1.29 is 4.79 Å². The Morgan fingerprint density at radius 2 is 1.96 bits per heavy atom. The molecule has 0 fully saturated rings. The minimum atomic E-state index is -0.127. The van der Waals surface area contributed by atoms with Gasteiger partial charge in [0.2, 0.25) is 0 Å². The molecule has 1 heterocycles. The quantitative estimate of drug-likeness (QED) is 0.685. The lowest BCUT2D eigenvalue weighted by molar-refractivity contribution is 0.102. The van der Waals surface area contributed by atoms with E-state index in [-0.39, 0.29) is 5.91 Å². The second-order valence-electron chi connectivity index (χ2n) is 5.81. The van der Waals surface area contributed by atoms with E-state index in [2.05, 4.69) is 41.5 Å². The Hall–Kier alpha value is -2.46. The molecular weight excluding hydrogens is 316 g/mol. The molecule has 24 heavy (non-hydrogen) atoms. The Kier molecular flexibility index (Phi) is 5.06. The van der Waals surface area contributed by atoms with Crippen molar-refractivity contribution in [3.8, 4) is 11.3 Å². The van der Waals surface area contributed by atoms with Gasteiger partial charge in [0.25, 0.3) is 5.91 Å². The van der Waals surface area contributed by atoms with Crippen molar-refractivity contribution in [3.63, 3.8) is 0 Å². The molecule has 1 N–H and O–H groups in total. The standard InChI is InChI=1S/C20H20N2OS/c1-3-5-15-8-10-16(11-9-15)18-13-24-20(21-18)22-19(23)17-7-4-6-14(2)12-17/h4,6-13H,3,5H2,1-2H3,(H,21,22,23). The van der Waals surface area contributed by atoms with E-state index in [9.17, 15) is 4.79 Å². The van der Waals surface area contributed by atoms with Gasteiger partial charge in [0, 0.05) is 16.5 Å². The number of carbonyl (C=O) groups excluding carboxylic acids is 1. The fourth-order valence-electron chi connectivity index (χ4n) is 2.55. The van der Waals surface area contributed by atoms with Crippen LogP contribution in [0.5, 0.6) is 0 Å². The molecule has 0 radical (unpaired) electrons. The van der Waals surface area contributed by atoms with Crippen LogP contribution < -0.4 is 5.32 Å². The molecule has 0 unspecified atom stereocenters. The molecule has 1 amide bonds. The molecular formula is C20H20N2OS. The van der Waals surface area contributed by atoms with Crippen molar-refractivity contribution in [2.75, 3.05) is 5.32 Å². The first kappa shape index (κ1) is 16.4. The first-order valence-electron chi connectivity index (χ1n) is 8.08. The van der Waals surface area contributed by atoms with E-state index in [0.29, 0.717) is 10.7 Å². The lowest BCUT2D eigenvalue weighted by Crippen LogP contribution is -2.11. The minimum absolute atomic E-state index is 0.127. The van der Waals surface area contributed by atoms with Gasteiger partial charge in [0.05, 0.1) is 5.69 Å². The number of rotatable bonds is 5. The summed E-state index contributed by atoms with van der Waals surface area (Å²) in [6, 6.07) is 16.0. The van der Waals surface area contributed by atoms with E-state index in [1.165, 1.54) is 16.9 Å². The Labute approximate surface area is 146 Å². The number of nitrogens with one attached hydrogen (secondary N) is 1. The van der Waals surface area contributed by atoms with Crippen LogP contribution in [0.1, 0.15) is 34.8 Å². The summed E-state index contributed by atoms with van der Waals surface area (Å²) in [7, 11) is 0. The van der Waals surface area contributed by atoms with Gasteiger partial charge in [-0.05, 0) is 31.0 Å². The second kappa shape index (κ2) is 7.41. The molecule has 0 spiro atoms. The van der Waals surface area contributed by atoms with E-state index in [1.807, 2.05) is 36.6 Å². The fraction of sp³-hybridized carbons (Fsp3) is 0.200. The first-order valence-corrected chi connectivity index (χ1v) is 8.96. The maximum Gasteiger partial charge on any atom is 0.257 e. The summed E-state index contributed by atoms with van der Waals surface area (Å²) in [5.41, 5.74) is 5.01.